The number of nitrogens with one attached hydrogen (secondary N) is 1. The predicted molar refractivity (Wildman–Crippen MR) is 63.8 cm³/mol. The van der Waals surface area contributed by atoms with Crippen molar-refractivity contribution >= 4 is 33.4 Å². The first-order valence-corrected chi connectivity index (χ1v) is 5.35. The number of nitrogen functional groups attached to an aromatic ring is 1. The zero-order valence-corrected chi connectivity index (χ0v) is 10.0. The molecule has 2 rings (SSSR count). The second-order valence-corrected chi connectivity index (χ2v) is 4.09. The van der Waals surface area contributed by atoms with Gasteiger partial charge in [0.05, 0.1) is 11.9 Å². The highest BCUT2D eigenvalue weighted by atomic mass is 79.9. The standard InChI is InChI=1S/C10H7BrF2N4/c11-5-1-2-8(6(12)3-5)16-9-7(13)4-15-10(14)17-9/h1-4H,(H3,14,15,16,17). The van der Waals surface area contributed by atoms with Gasteiger partial charge in [0.2, 0.25) is 5.95 Å². The molecular weight excluding hydrogens is 294 g/mol. The Labute approximate surface area is 104 Å². The first kappa shape index (κ1) is 11.7. The van der Waals surface area contributed by atoms with E-state index in [1.807, 2.05) is 0 Å². The predicted octanol–water partition coefficient (Wildman–Crippen LogP) is 2.84. The van der Waals surface area contributed by atoms with Crippen molar-refractivity contribution in [2.24, 2.45) is 0 Å². The van der Waals surface area contributed by atoms with E-state index in [0.717, 1.165) is 6.20 Å². The Bertz CT molecular complexity index is 562. The Morgan fingerprint density at radius 3 is 2.71 bits per heavy atom. The Hall–Kier alpha value is -1.76. The van der Waals surface area contributed by atoms with Crippen molar-refractivity contribution in [2.45, 2.75) is 0 Å². The van der Waals surface area contributed by atoms with E-state index in [1.54, 1.807) is 6.07 Å². The summed E-state index contributed by atoms with van der Waals surface area (Å²) in [5, 5.41) is 2.51. The topological polar surface area (TPSA) is 63.8 Å². The summed E-state index contributed by atoms with van der Waals surface area (Å²) in [5.41, 5.74) is 5.42. The van der Waals surface area contributed by atoms with Gasteiger partial charge in [0.25, 0.3) is 0 Å². The molecule has 0 aliphatic carbocycles. The van der Waals surface area contributed by atoms with Gasteiger partial charge in [0.15, 0.2) is 11.6 Å². The second-order valence-electron chi connectivity index (χ2n) is 3.17. The van der Waals surface area contributed by atoms with Crippen LogP contribution in [0.5, 0.6) is 0 Å². The van der Waals surface area contributed by atoms with E-state index in [2.05, 4.69) is 31.2 Å². The number of rotatable bonds is 2. The van der Waals surface area contributed by atoms with Crippen LogP contribution >= 0.6 is 15.9 Å². The number of nitrogens with zero attached hydrogens (tertiary/aromatic N) is 2. The molecule has 0 unspecified atom stereocenters. The van der Waals surface area contributed by atoms with E-state index < -0.39 is 11.6 Å². The average Bonchev–Trinajstić information content (AvgIpc) is 2.27. The van der Waals surface area contributed by atoms with Gasteiger partial charge in [-0.3, -0.25) is 0 Å². The van der Waals surface area contributed by atoms with Crippen molar-refractivity contribution < 1.29 is 8.78 Å². The molecule has 0 amide bonds. The maximum absolute atomic E-state index is 13.5. The summed E-state index contributed by atoms with van der Waals surface area (Å²) in [6.45, 7) is 0. The van der Waals surface area contributed by atoms with Crippen LogP contribution in [0.25, 0.3) is 0 Å². The van der Waals surface area contributed by atoms with Crippen LogP contribution in [0.4, 0.5) is 26.2 Å². The third-order valence-corrected chi connectivity index (χ3v) is 2.44. The van der Waals surface area contributed by atoms with Crippen LogP contribution in [0.15, 0.2) is 28.9 Å². The Morgan fingerprint density at radius 1 is 1.24 bits per heavy atom. The summed E-state index contributed by atoms with van der Waals surface area (Å²) in [7, 11) is 0. The highest BCUT2D eigenvalue weighted by molar-refractivity contribution is 9.10. The zero-order chi connectivity index (χ0) is 12.4. The van der Waals surface area contributed by atoms with Crippen LogP contribution in [0, 0.1) is 11.6 Å². The van der Waals surface area contributed by atoms with E-state index in [9.17, 15) is 8.78 Å². The quantitative estimate of drug-likeness (QED) is 0.895. The molecule has 0 spiro atoms. The van der Waals surface area contributed by atoms with Gasteiger partial charge in [-0.15, -0.1) is 0 Å². The summed E-state index contributed by atoms with van der Waals surface area (Å²) in [6, 6.07) is 4.33. The van der Waals surface area contributed by atoms with Gasteiger partial charge in [0.1, 0.15) is 5.82 Å². The number of anilines is 3. The van der Waals surface area contributed by atoms with Gasteiger partial charge in [-0.2, -0.15) is 4.98 Å². The number of aromatic nitrogens is 2. The van der Waals surface area contributed by atoms with Gasteiger partial charge in [-0.1, -0.05) is 15.9 Å². The fourth-order valence-corrected chi connectivity index (χ4v) is 1.52. The van der Waals surface area contributed by atoms with Crippen LogP contribution in [-0.4, -0.2) is 9.97 Å². The van der Waals surface area contributed by atoms with Gasteiger partial charge in [-0.05, 0) is 18.2 Å². The zero-order valence-electron chi connectivity index (χ0n) is 8.42. The van der Waals surface area contributed by atoms with Crippen LogP contribution in [0.3, 0.4) is 0 Å². The molecule has 1 heterocycles. The molecule has 0 bridgehead atoms. The summed E-state index contributed by atoms with van der Waals surface area (Å²) >= 11 is 3.12. The van der Waals surface area contributed by atoms with Crippen LogP contribution in [0.1, 0.15) is 0 Å². The van der Waals surface area contributed by atoms with Crippen molar-refractivity contribution in [1.82, 2.24) is 9.97 Å². The fourth-order valence-electron chi connectivity index (χ4n) is 1.19. The Kier molecular flexibility index (Phi) is 3.19. The normalized spacial score (nSPS) is 10.3. The smallest absolute Gasteiger partial charge is 0.222 e. The molecule has 0 atom stereocenters. The van der Waals surface area contributed by atoms with Crippen molar-refractivity contribution in [3.8, 4) is 0 Å². The molecule has 3 N–H and O–H groups in total. The Morgan fingerprint density at radius 2 is 2.00 bits per heavy atom. The minimum Gasteiger partial charge on any atom is -0.368 e. The third kappa shape index (κ3) is 2.68. The summed E-state index contributed by atoms with van der Waals surface area (Å²) in [5.74, 6) is -1.50. The van der Waals surface area contributed by atoms with E-state index in [-0.39, 0.29) is 17.5 Å². The lowest BCUT2D eigenvalue weighted by Gasteiger charge is -2.07. The van der Waals surface area contributed by atoms with Gasteiger partial charge in [0, 0.05) is 4.47 Å². The number of hydrogen-bond donors (Lipinski definition) is 2. The molecule has 88 valence electrons. The molecule has 0 aliphatic rings. The Balaban J connectivity index is 2.34. The molecule has 17 heavy (non-hydrogen) atoms. The lowest BCUT2D eigenvalue weighted by atomic mass is 10.3. The van der Waals surface area contributed by atoms with Crippen LogP contribution in [0.2, 0.25) is 0 Å². The van der Waals surface area contributed by atoms with Gasteiger partial charge in [-0.25, -0.2) is 13.8 Å². The van der Waals surface area contributed by atoms with E-state index in [1.165, 1.54) is 12.1 Å². The number of nitrogens with two attached hydrogens (primary N) is 1. The summed E-state index contributed by atoms with van der Waals surface area (Å²) in [4.78, 5) is 7.10. The molecule has 0 fully saturated rings. The number of hydrogen-bond acceptors (Lipinski definition) is 4. The SMILES string of the molecule is Nc1ncc(F)c(Nc2ccc(Br)cc2F)n1. The molecule has 1 aromatic carbocycles. The molecule has 0 saturated heterocycles. The third-order valence-electron chi connectivity index (χ3n) is 1.95. The molecule has 0 radical (unpaired) electrons. The van der Waals surface area contributed by atoms with Crippen LogP contribution < -0.4 is 11.1 Å². The molecule has 4 nitrogen and oxygen atoms in total. The van der Waals surface area contributed by atoms with E-state index in [4.69, 9.17) is 5.73 Å². The first-order chi connectivity index (χ1) is 8.06. The molecule has 2 aromatic rings. The van der Waals surface area contributed by atoms with Crippen LogP contribution in [-0.2, 0) is 0 Å². The highest BCUT2D eigenvalue weighted by Gasteiger charge is 2.09. The fraction of sp³-hybridized carbons (Fsp3) is 0. The molecule has 1 aromatic heterocycles. The largest absolute Gasteiger partial charge is 0.368 e. The van der Waals surface area contributed by atoms with Crippen molar-refractivity contribution in [3.63, 3.8) is 0 Å². The number of halogens is 3. The minimum atomic E-state index is -0.707. The summed E-state index contributed by atoms with van der Waals surface area (Å²) < 4.78 is 27.4. The maximum atomic E-state index is 13.5. The lowest BCUT2D eigenvalue weighted by molar-refractivity contribution is 0.616. The van der Waals surface area contributed by atoms with E-state index in [0.29, 0.717) is 4.47 Å². The van der Waals surface area contributed by atoms with Crippen molar-refractivity contribution in [2.75, 3.05) is 11.1 Å². The molecule has 0 aliphatic heterocycles. The lowest BCUT2D eigenvalue weighted by Crippen LogP contribution is -2.03. The van der Waals surface area contributed by atoms with E-state index >= 15 is 0 Å². The van der Waals surface area contributed by atoms with Gasteiger partial charge >= 0.3 is 0 Å². The molecule has 0 saturated carbocycles. The minimum absolute atomic E-state index is 0.0913. The summed E-state index contributed by atoms with van der Waals surface area (Å²) in [6.07, 6.45) is 0.918. The molecular formula is C10H7BrF2N4. The highest BCUT2D eigenvalue weighted by Crippen LogP contribution is 2.23. The van der Waals surface area contributed by atoms with Crippen molar-refractivity contribution in [3.05, 3.63) is 40.5 Å². The monoisotopic (exact) mass is 300 g/mol. The molecule has 7 heteroatoms. The first-order valence-electron chi connectivity index (χ1n) is 4.56. The number of benzene rings is 1. The second kappa shape index (κ2) is 4.62. The van der Waals surface area contributed by atoms with Gasteiger partial charge < -0.3 is 11.1 Å². The average molecular weight is 301 g/mol. The van der Waals surface area contributed by atoms with Crippen molar-refractivity contribution in [1.29, 1.82) is 0 Å². The maximum Gasteiger partial charge on any atom is 0.222 e.